The molecular formula is C10H12N2O3. The van der Waals surface area contributed by atoms with Crippen molar-refractivity contribution in [1.82, 2.24) is 0 Å². The lowest BCUT2D eigenvalue weighted by Gasteiger charge is -2.04. The number of anilines is 2. The van der Waals surface area contributed by atoms with Crippen molar-refractivity contribution in [3.63, 3.8) is 0 Å². The van der Waals surface area contributed by atoms with Gasteiger partial charge >= 0.3 is 5.97 Å². The molecule has 0 aliphatic heterocycles. The average molecular weight is 208 g/mol. The zero-order valence-corrected chi connectivity index (χ0v) is 8.28. The summed E-state index contributed by atoms with van der Waals surface area (Å²) in [6, 6.07) is 6.98. The van der Waals surface area contributed by atoms with Crippen molar-refractivity contribution in [2.24, 2.45) is 0 Å². The summed E-state index contributed by atoms with van der Waals surface area (Å²) in [5.41, 5.74) is 1.51. The number of carboxylic acid groups (broad SMARTS) is 1. The maximum absolute atomic E-state index is 11.1. The second-order valence-corrected chi connectivity index (χ2v) is 2.95. The Balaban J connectivity index is 2.57. The second kappa shape index (κ2) is 4.99. The predicted octanol–water partition coefficient (Wildman–Crippen LogP) is 1.14. The van der Waals surface area contributed by atoms with Gasteiger partial charge in [-0.25, -0.2) is 0 Å². The van der Waals surface area contributed by atoms with Crippen LogP contribution in [0.3, 0.4) is 0 Å². The van der Waals surface area contributed by atoms with Crippen LogP contribution in [0, 0.1) is 0 Å². The van der Waals surface area contributed by atoms with Gasteiger partial charge in [0.1, 0.15) is 6.42 Å². The number of carbonyl (C=O) groups excluding carboxylic acids is 1. The highest BCUT2D eigenvalue weighted by Gasteiger charge is 2.07. The molecule has 0 radical (unpaired) electrons. The molecule has 0 aliphatic carbocycles. The van der Waals surface area contributed by atoms with E-state index < -0.39 is 18.3 Å². The molecule has 80 valence electrons. The molecule has 0 atom stereocenters. The maximum Gasteiger partial charge on any atom is 0.312 e. The summed E-state index contributed by atoms with van der Waals surface area (Å²) in [5.74, 6) is -1.67. The van der Waals surface area contributed by atoms with Crippen LogP contribution < -0.4 is 10.6 Å². The molecule has 0 saturated heterocycles. The van der Waals surface area contributed by atoms with E-state index in [0.29, 0.717) is 5.69 Å². The molecule has 5 nitrogen and oxygen atoms in total. The van der Waals surface area contributed by atoms with E-state index in [0.717, 1.165) is 5.69 Å². The fraction of sp³-hybridized carbons (Fsp3) is 0.200. The normalized spacial score (nSPS) is 9.40. The second-order valence-electron chi connectivity index (χ2n) is 2.95. The fourth-order valence-corrected chi connectivity index (χ4v) is 1.06. The van der Waals surface area contributed by atoms with E-state index in [2.05, 4.69) is 10.6 Å². The molecule has 3 N–H and O–H groups in total. The van der Waals surface area contributed by atoms with Crippen molar-refractivity contribution in [2.45, 2.75) is 6.42 Å². The van der Waals surface area contributed by atoms with Gasteiger partial charge in [0, 0.05) is 18.4 Å². The number of aliphatic carboxylic acids is 1. The quantitative estimate of drug-likeness (QED) is 0.648. The Morgan fingerprint density at radius 3 is 2.20 bits per heavy atom. The van der Waals surface area contributed by atoms with Gasteiger partial charge in [-0.05, 0) is 24.3 Å². The molecular weight excluding hydrogens is 196 g/mol. The van der Waals surface area contributed by atoms with Gasteiger partial charge in [-0.3, -0.25) is 9.59 Å². The summed E-state index contributed by atoms with van der Waals surface area (Å²) in [5, 5.41) is 13.8. The van der Waals surface area contributed by atoms with Crippen molar-refractivity contribution in [2.75, 3.05) is 17.7 Å². The minimum absolute atomic E-state index is 0.520. The van der Waals surface area contributed by atoms with E-state index in [4.69, 9.17) is 5.11 Å². The Morgan fingerprint density at radius 1 is 1.20 bits per heavy atom. The Kier molecular flexibility index (Phi) is 3.68. The molecule has 0 aliphatic rings. The molecule has 0 aromatic heterocycles. The highest BCUT2D eigenvalue weighted by Crippen LogP contribution is 2.12. The standard InChI is InChI=1S/C10H12N2O3/c1-11-7-2-4-8(5-3-7)12-9(13)6-10(14)15/h2-5,11H,6H2,1H3,(H,12,13)(H,14,15). The maximum atomic E-state index is 11.1. The zero-order valence-electron chi connectivity index (χ0n) is 8.28. The number of carboxylic acids is 1. The van der Waals surface area contributed by atoms with Crippen LogP contribution in [-0.2, 0) is 9.59 Å². The molecule has 0 fully saturated rings. The number of carbonyl (C=O) groups is 2. The minimum Gasteiger partial charge on any atom is -0.481 e. The molecule has 0 spiro atoms. The number of amides is 1. The third kappa shape index (κ3) is 3.68. The van der Waals surface area contributed by atoms with Gasteiger partial charge in [0.15, 0.2) is 0 Å². The number of nitrogens with one attached hydrogen (secondary N) is 2. The predicted molar refractivity (Wildman–Crippen MR) is 56.9 cm³/mol. The molecule has 15 heavy (non-hydrogen) atoms. The van der Waals surface area contributed by atoms with Crippen LogP contribution in [0.4, 0.5) is 11.4 Å². The molecule has 1 amide bonds. The fourth-order valence-electron chi connectivity index (χ4n) is 1.06. The SMILES string of the molecule is CNc1ccc(NC(=O)CC(=O)O)cc1. The molecule has 0 bridgehead atoms. The van der Waals surface area contributed by atoms with Gasteiger partial charge in [-0.1, -0.05) is 0 Å². The third-order valence-corrected chi connectivity index (χ3v) is 1.77. The topological polar surface area (TPSA) is 78.4 Å². The Hall–Kier alpha value is -2.04. The average Bonchev–Trinajstić information content (AvgIpc) is 2.17. The van der Waals surface area contributed by atoms with Crippen molar-refractivity contribution in [1.29, 1.82) is 0 Å². The van der Waals surface area contributed by atoms with E-state index in [-0.39, 0.29) is 0 Å². The van der Waals surface area contributed by atoms with Crippen LogP contribution in [0.25, 0.3) is 0 Å². The number of hydrogen-bond donors (Lipinski definition) is 3. The zero-order chi connectivity index (χ0) is 11.3. The monoisotopic (exact) mass is 208 g/mol. The lowest BCUT2D eigenvalue weighted by atomic mass is 10.2. The van der Waals surface area contributed by atoms with Crippen LogP contribution in [0.2, 0.25) is 0 Å². The molecule has 0 saturated carbocycles. The summed E-state index contributed by atoms with van der Waals surface area (Å²) in [6.45, 7) is 0. The van der Waals surface area contributed by atoms with Gasteiger partial charge in [0.25, 0.3) is 0 Å². The van der Waals surface area contributed by atoms with Crippen LogP contribution in [0.5, 0.6) is 0 Å². The lowest BCUT2D eigenvalue weighted by Crippen LogP contribution is -2.15. The molecule has 1 aromatic rings. The largest absolute Gasteiger partial charge is 0.481 e. The lowest BCUT2D eigenvalue weighted by molar-refractivity contribution is -0.139. The first kappa shape index (κ1) is 11.0. The van der Waals surface area contributed by atoms with E-state index in [1.165, 1.54) is 0 Å². The van der Waals surface area contributed by atoms with Crippen LogP contribution >= 0.6 is 0 Å². The van der Waals surface area contributed by atoms with Crippen LogP contribution in [0.1, 0.15) is 6.42 Å². The molecule has 1 rings (SSSR count). The number of benzene rings is 1. The Bertz CT molecular complexity index is 359. The summed E-state index contributed by atoms with van der Waals surface area (Å²) in [4.78, 5) is 21.3. The first-order valence-electron chi connectivity index (χ1n) is 4.41. The molecule has 1 aromatic carbocycles. The van der Waals surface area contributed by atoms with E-state index in [9.17, 15) is 9.59 Å². The van der Waals surface area contributed by atoms with E-state index >= 15 is 0 Å². The number of hydrogen-bond acceptors (Lipinski definition) is 3. The first-order valence-corrected chi connectivity index (χ1v) is 4.41. The summed E-state index contributed by atoms with van der Waals surface area (Å²) >= 11 is 0. The van der Waals surface area contributed by atoms with Gasteiger partial charge in [-0.15, -0.1) is 0 Å². The highest BCUT2D eigenvalue weighted by atomic mass is 16.4. The Labute approximate surface area is 87.1 Å². The minimum atomic E-state index is -1.14. The van der Waals surface area contributed by atoms with Crippen molar-refractivity contribution in [3.05, 3.63) is 24.3 Å². The molecule has 5 heteroatoms. The van der Waals surface area contributed by atoms with Crippen LogP contribution in [-0.4, -0.2) is 24.0 Å². The Morgan fingerprint density at radius 2 is 1.73 bits per heavy atom. The molecule has 0 unspecified atom stereocenters. The van der Waals surface area contributed by atoms with Gasteiger partial charge < -0.3 is 15.7 Å². The van der Waals surface area contributed by atoms with E-state index in [1.807, 2.05) is 0 Å². The summed E-state index contributed by atoms with van der Waals surface area (Å²) < 4.78 is 0. The van der Waals surface area contributed by atoms with Crippen molar-refractivity contribution >= 4 is 23.3 Å². The van der Waals surface area contributed by atoms with Gasteiger partial charge in [-0.2, -0.15) is 0 Å². The van der Waals surface area contributed by atoms with E-state index in [1.54, 1.807) is 31.3 Å². The third-order valence-electron chi connectivity index (χ3n) is 1.77. The van der Waals surface area contributed by atoms with Gasteiger partial charge in [0.2, 0.25) is 5.91 Å². The molecule has 0 heterocycles. The smallest absolute Gasteiger partial charge is 0.312 e. The summed E-state index contributed by atoms with van der Waals surface area (Å²) in [6.07, 6.45) is -0.520. The summed E-state index contributed by atoms with van der Waals surface area (Å²) in [7, 11) is 1.79. The van der Waals surface area contributed by atoms with Gasteiger partial charge in [0.05, 0.1) is 0 Å². The number of rotatable bonds is 4. The van der Waals surface area contributed by atoms with Crippen LogP contribution in [0.15, 0.2) is 24.3 Å². The van der Waals surface area contributed by atoms with Crippen molar-refractivity contribution < 1.29 is 14.7 Å². The first-order chi connectivity index (χ1) is 7.11. The van der Waals surface area contributed by atoms with Crippen molar-refractivity contribution in [3.8, 4) is 0 Å². The highest BCUT2D eigenvalue weighted by molar-refractivity contribution is 6.01.